The van der Waals surface area contributed by atoms with E-state index in [4.69, 9.17) is 32.4 Å². The van der Waals surface area contributed by atoms with Crippen LogP contribution < -0.4 is 4.74 Å². The van der Waals surface area contributed by atoms with E-state index in [1.807, 2.05) is 67.6 Å². The van der Waals surface area contributed by atoms with Crippen molar-refractivity contribution in [3.63, 3.8) is 0 Å². The van der Waals surface area contributed by atoms with Gasteiger partial charge in [0.1, 0.15) is 17.3 Å². The summed E-state index contributed by atoms with van der Waals surface area (Å²) in [6, 6.07) is 22.9. The molecule has 0 saturated heterocycles. The maximum Gasteiger partial charge on any atom is 0.228 e. The van der Waals surface area contributed by atoms with Crippen LogP contribution in [0.25, 0.3) is 11.5 Å². The van der Waals surface area contributed by atoms with E-state index in [0.717, 1.165) is 34.1 Å². The maximum absolute atomic E-state index is 6.27. The standard InChI is InChI=1S/C23H17Cl2NO2/c1-15-22(26-23(27-15)20-12-9-17(24)14-21(20)25)13-16-7-10-19(11-8-16)28-18-5-3-2-4-6-18/h2-12,14H,13H2,1H3. The van der Waals surface area contributed by atoms with Crippen LogP contribution in [0.2, 0.25) is 10.0 Å². The molecule has 1 heterocycles. The SMILES string of the molecule is Cc1oc(-c2ccc(Cl)cc2Cl)nc1Cc1ccc(Oc2ccccc2)cc1. The van der Waals surface area contributed by atoms with Crippen molar-refractivity contribution in [1.29, 1.82) is 0 Å². The van der Waals surface area contributed by atoms with Gasteiger partial charge < -0.3 is 9.15 Å². The summed E-state index contributed by atoms with van der Waals surface area (Å²) < 4.78 is 11.7. The highest BCUT2D eigenvalue weighted by Gasteiger charge is 2.15. The van der Waals surface area contributed by atoms with Gasteiger partial charge in [-0.15, -0.1) is 0 Å². The number of para-hydroxylation sites is 1. The molecule has 140 valence electrons. The van der Waals surface area contributed by atoms with Crippen LogP contribution >= 0.6 is 23.2 Å². The molecule has 0 aliphatic heterocycles. The van der Waals surface area contributed by atoms with Crippen LogP contribution in [-0.4, -0.2) is 4.98 Å². The summed E-state index contributed by atoms with van der Waals surface area (Å²) in [6.07, 6.45) is 0.659. The Morgan fingerprint density at radius 3 is 2.32 bits per heavy atom. The lowest BCUT2D eigenvalue weighted by Crippen LogP contribution is -1.92. The van der Waals surface area contributed by atoms with Crippen molar-refractivity contribution in [3.05, 3.63) is 99.9 Å². The van der Waals surface area contributed by atoms with Gasteiger partial charge in [-0.25, -0.2) is 4.98 Å². The fraction of sp³-hybridized carbons (Fsp3) is 0.0870. The van der Waals surface area contributed by atoms with Crippen LogP contribution in [0.3, 0.4) is 0 Å². The minimum atomic E-state index is 0.498. The molecule has 0 radical (unpaired) electrons. The maximum atomic E-state index is 6.27. The van der Waals surface area contributed by atoms with Crippen molar-refractivity contribution >= 4 is 23.2 Å². The summed E-state index contributed by atoms with van der Waals surface area (Å²) in [7, 11) is 0. The Morgan fingerprint density at radius 1 is 0.893 bits per heavy atom. The zero-order chi connectivity index (χ0) is 19.5. The molecule has 0 bridgehead atoms. The molecular weight excluding hydrogens is 393 g/mol. The number of aromatic nitrogens is 1. The number of oxazole rings is 1. The van der Waals surface area contributed by atoms with Crippen molar-refractivity contribution < 1.29 is 9.15 Å². The van der Waals surface area contributed by atoms with Gasteiger partial charge in [0.25, 0.3) is 0 Å². The van der Waals surface area contributed by atoms with Gasteiger partial charge in [-0.05, 0) is 55.0 Å². The molecule has 0 fully saturated rings. The molecule has 0 aliphatic rings. The van der Waals surface area contributed by atoms with Gasteiger partial charge in [-0.1, -0.05) is 53.5 Å². The third-order valence-corrected chi connectivity index (χ3v) is 4.88. The molecule has 1 aromatic heterocycles. The number of ether oxygens (including phenoxy) is 1. The van der Waals surface area contributed by atoms with Gasteiger partial charge in [-0.2, -0.15) is 0 Å². The van der Waals surface area contributed by atoms with Crippen LogP contribution in [0, 0.1) is 6.92 Å². The molecule has 0 amide bonds. The lowest BCUT2D eigenvalue weighted by Gasteiger charge is -2.06. The first-order valence-corrected chi connectivity index (χ1v) is 9.57. The highest BCUT2D eigenvalue weighted by Crippen LogP contribution is 2.31. The molecule has 0 spiro atoms. The summed E-state index contributed by atoms with van der Waals surface area (Å²) in [5.74, 6) is 2.87. The van der Waals surface area contributed by atoms with Crippen molar-refractivity contribution in [2.45, 2.75) is 13.3 Å². The van der Waals surface area contributed by atoms with Gasteiger partial charge in [0, 0.05) is 11.4 Å². The normalized spacial score (nSPS) is 10.8. The van der Waals surface area contributed by atoms with Crippen LogP contribution in [0.1, 0.15) is 17.0 Å². The quantitative estimate of drug-likeness (QED) is 0.345. The molecule has 0 aliphatic carbocycles. The number of rotatable bonds is 5. The number of nitrogens with zero attached hydrogens (tertiary/aromatic N) is 1. The lowest BCUT2D eigenvalue weighted by molar-refractivity contribution is 0.482. The zero-order valence-electron chi connectivity index (χ0n) is 15.2. The lowest BCUT2D eigenvalue weighted by atomic mass is 10.1. The average Bonchev–Trinajstić information content (AvgIpc) is 3.04. The summed E-state index contributed by atoms with van der Waals surface area (Å²) in [5.41, 5.74) is 2.72. The van der Waals surface area contributed by atoms with Crippen LogP contribution in [0.5, 0.6) is 11.5 Å². The molecular formula is C23H17Cl2NO2. The van der Waals surface area contributed by atoms with Gasteiger partial charge in [0.05, 0.1) is 16.3 Å². The molecule has 0 atom stereocenters. The predicted molar refractivity (Wildman–Crippen MR) is 112 cm³/mol. The Labute approximate surface area is 173 Å². The van der Waals surface area contributed by atoms with E-state index < -0.39 is 0 Å². The predicted octanol–water partition coefficient (Wildman–Crippen LogP) is 7.34. The fourth-order valence-electron chi connectivity index (χ4n) is 2.86. The minimum absolute atomic E-state index is 0.498. The van der Waals surface area contributed by atoms with Crippen molar-refractivity contribution in [2.24, 2.45) is 0 Å². The second kappa shape index (κ2) is 8.09. The van der Waals surface area contributed by atoms with Gasteiger partial charge >= 0.3 is 0 Å². The van der Waals surface area contributed by atoms with Gasteiger partial charge in [0.15, 0.2) is 0 Å². The number of hydrogen-bond donors (Lipinski definition) is 0. The zero-order valence-corrected chi connectivity index (χ0v) is 16.7. The van der Waals surface area contributed by atoms with Crippen molar-refractivity contribution in [2.75, 3.05) is 0 Å². The molecule has 0 saturated carbocycles. The summed E-state index contributed by atoms with van der Waals surface area (Å²) in [5, 5.41) is 1.10. The largest absolute Gasteiger partial charge is 0.457 e. The Balaban J connectivity index is 1.51. The third-order valence-electron chi connectivity index (χ3n) is 4.33. The molecule has 3 nitrogen and oxygen atoms in total. The van der Waals surface area contributed by atoms with Crippen LogP contribution in [-0.2, 0) is 6.42 Å². The fourth-order valence-corrected chi connectivity index (χ4v) is 3.35. The molecule has 5 heteroatoms. The van der Waals surface area contributed by atoms with E-state index in [1.54, 1.807) is 12.1 Å². The summed E-state index contributed by atoms with van der Waals surface area (Å²) in [4.78, 5) is 4.63. The topological polar surface area (TPSA) is 35.3 Å². The van der Waals surface area contributed by atoms with Crippen LogP contribution in [0.15, 0.2) is 77.2 Å². The average molecular weight is 410 g/mol. The molecule has 28 heavy (non-hydrogen) atoms. The minimum Gasteiger partial charge on any atom is -0.457 e. The summed E-state index contributed by atoms with van der Waals surface area (Å²) in [6.45, 7) is 1.91. The number of benzene rings is 3. The Bertz CT molecular complexity index is 1090. The van der Waals surface area contributed by atoms with E-state index in [1.165, 1.54) is 0 Å². The Morgan fingerprint density at radius 2 is 1.61 bits per heavy atom. The highest BCUT2D eigenvalue weighted by molar-refractivity contribution is 6.36. The molecule has 0 N–H and O–H groups in total. The molecule has 3 aromatic carbocycles. The van der Waals surface area contributed by atoms with E-state index >= 15 is 0 Å². The molecule has 4 aromatic rings. The van der Waals surface area contributed by atoms with E-state index in [-0.39, 0.29) is 0 Å². The summed E-state index contributed by atoms with van der Waals surface area (Å²) >= 11 is 12.2. The van der Waals surface area contributed by atoms with Gasteiger partial charge in [0.2, 0.25) is 5.89 Å². The second-order valence-corrected chi connectivity index (χ2v) is 7.23. The van der Waals surface area contributed by atoms with E-state index in [2.05, 4.69) is 4.98 Å². The third kappa shape index (κ3) is 4.22. The first-order valence-electron chi connectivity index (χ1n) is 8.82. The second-order valence-electron chi connectivity index (χ2n) is 6.38. The first kappa shape index (κ1) is 18.6. The Kier molecular flexibility index (Phi) is 5.38. The van der Waals surface area contributed by atoms with Crippen LogP contribution in [0.4, 0.5) is 0 Å². The number of halogens is 2. The Hall–Kier alpha value is -2.75. The van der Waals surface area contributed by atoms with E-state index in [0.29, 0.717) is 22.4 Å². The highest BCUT2D eigenvalue weighted by atomic mass is 35.5. The smallest absolute Gasteiger partial charge is 0.228 e. The first-order chi connectivity index (χ1) is 13.6. The number of aryl methyl sites for hydroxylation is 1. The number of hydrogen-bond acceptors (Lipinski definition) is 3. The van der Waals surface area contributed by atoms with Crippen molar-refractivity contribution in [1.82, 2.24) is 4.98 Å². The molecule has 4 rings (SSSR count). The van der Waals surface area contributed by atoms with Gasteiger partial charge in [-0.3, -0.25) is 0 Å². The molecule has 0 unspecified atom stereocenters. The monoisotopic (exact) mass is 409 g/mol. The van der Waals surface area contributed by atoms with E-state index in [9.17, 15) is 0 Å². The van der Waals surface area contributed by atoms with Crippen molar-refractivity contribution in [3.8, 4) is 23.0 Å².